The van der Waals surface area contributed by atoms with Gasteiger partial charge in [0.2, 0.25) is 0 Å². The molecule has 32 heavy (non-hydrogen) atoms. The molecule has 0 bridgehead atoms. The van der Waals surface area contributed by atoms with Gasteiger partial charge in [0, 0.05) is 31.2 Å². The first-order valence-corrected chi connectivity index (χ1v) is 11.2. The number of aryl methyl sites for hydroxylation is 2. The Balaban J connectivity index is 1.56. The first kappa shape index (κ1) is 22.0. The van der Waals surface area contributed by atoms with Crippen LogP contribution >= 0.6 is 0 Å². The highest BCUT2D eigenvalue weighted by Gasteiger charge is 2.25. The zero-order chi connectivity index (χ0) is 22.7. The second-order valence-electron chi connectivity index (χ2n) is 9.46. The first-order valence-electron chi connectivity index (χ1n) is 11.2. The molecule has 3 aromatic heterocycles. The number of aromatic nitrogens is 4. The predicted octanol–water partition coefficient (Wildman–Crippen LogP) is 5.16. The molecule has 0 fully saturated rings. The lowest BCUT2D eigenvalue weighted by Gasteiger charge is -2.22. The number of hydrogen-bond donors (Lipinski definition) is 1. The van der Waals surface area contributed by atoms with Crippen molar-refractivity contribution >= 4 is 17.5 Å². The average Bonchev–Trinajstić information content (AvgIpc) is 3.02. The molecule has 0 radical (unpaired) electrons. The van der Waals surface area contributed by atoms with Gasteiger partial charge >= 0.3 is 5.97 Å². The van der Waals surface area contributed by atoms with Gasteiger partial charge in [0.05, 0.1) is 24.0 Å². The summed E-state index contributed by atoms with van der Waals surface area (Å²) < 4.78 is 7.32. The Bertz CT molecular complexity index is 1100. The average molecular weight is 434 g/mol. The van der Waals surface area contributed by atoms with Gasteiger partial charge in [-0.25, -0.2) is 4.98 Å². The molecule has 1 unspecified atom stereocenters. The number of ether oxygens (including phenoxy) is 1. The van der Waals surface area contributed by atoms with Gasteiger partial charge < -0.3 is 10.1 Å². The van der Waals surface area contributed by atoms with Crippen LogP contribution in [0.3, 0.4) is 0 Å². The van der Waals surface area contributed by atoms with Crippen LogP contribution in [0, 0.1) is 0 Å². The van der Waals surface area contributed by atoms with Crippen LogP contribution in [0.25, 0.3) is 11.3 Å². The quantitative estimate of drug-likeness (QED) is 0.442. The van der Waals surface area contributed by atoms with Crippen molar-refractivity contribution in [1.82, 2.24) is 19.7 Å². The van der Waals surface area contributed by atoms with Gasteiger partial charge in [-0.3, -0.25) is 14.5 Å². The summed E-state index contributed by atoms with van der Waals surface area (Å²) in [6.45, 7) is 5.73. The summed E-state index contributed by atoms with van der Waals surface area (Å²) in [4.78, 5) is 21.6. The number of hydrogen-bond acceptors (Lipinski definition) is 6. The fraction of sp³-hybridized carbons (Fsp3) is 0.440. The van der Waals surface area contributed by atoms with E-state index in [0.29, 0.717) is 6.42 Å². The predicted molar refractivity (Wildman–Crippen MR) is 125 cm³/mol. The number of rotatable bonds is 5. The minimum atomic E-state index is -0.463. The van der Waals surface area contributed by atoms with Crippen LogP contribution in [0.2, 0.25) is 0 Å². The molecular weight excluding hydrogens is 402 g/mol. The lowest BCUT2D eigenvalue weighted by atomic mass is 9.90. The van der Waals surface area contributed by atoms with Crippen LogP contribution < -0.4 is 5.32 Å². The zero-order valence-electron chi connectivity index (χ0n) is 19.3. The SMILES string of the molecule is Cn1cc(Nc2cc(-c3cc4c(cn3)C(CC(=O)OC(C)(C)C)CCCC4)ccn2)cn1. The van der Waals surface area contributed by atoms with Crippen LogP contribution in [0.4, 0.5) is 11.5 Å². The van der Waals surface area contributed by atoms with E-state index >= 15 is 0 Å². The maximum Gasteiger partial charge on any atom is 0.306 e. The number of anilines is 2. The van der Waals surface area contributed by atoms with Crippen LogP contribution in [0.1, 0.15) is 63.5 Å². The Morgan fingerprint density at radius 2 is 2.06 bits per heavy atom. The first-order chi connectivity index (χ1) is 15.3. The summed E-state index contributed by atoms with van der Waals surface area (Å²) in [6, 6.07) is 6.14. The second kappa shape index (κ2) is 9.10. The Morgan fingerprint density at radius 3 is 2.81 bits per heavy atom. The van der Waals surface area contributed by atoms with Gasteiger partial charge in [0.15, 0.2) is 0 Å². The summed E-state index contributed by atoms with van der Waals surface area (Å²) in [5.74, 6) is 0.763. The standard InChI is InChI=1S/C25H31N5O2/c1-25(2,3)32-24(31)13-18-8-6-5-7-17-11-22(27-15-21(17)18)19-9-10-26-23(12-19)29-20-14-28-30(4)16-20/h9-12,14-16,18H,5-8,13H2,1-4H3,(H,26,29). The maximum atomic E-state index is 12.5. The molecule has 1 aliphatic rings. The normalized spacial score (nSPS) is 16.2. The van der Waals surface area contributed by atoms with E-state index in [9.17, 15) is 4.79 Å². The molecule has 0 saturated heterocycles. The van der Waals surface area contributed by atoms with Crippen LogP contribution in [-0.4, -0.2) is 31.3 Å². The van der Waals surface area contributed by atoms with E-state index in [0.717, 1.165) is 48.4 Å². The molecule has 3 heterocycles. The molecule has 3 aromatic rings. The van der Waals surface area contributed by atoms with Crippen LogP contribution in [-0.2, 0) is 23.0 Å². The van der Waals surface area contributed by atoms with Crippen molar-refractivity contribution in [2.75, 3.05) is 5.32 Å². The van der Waals surface area contributed by atoms with E-state index < -0.39 is 5.60 Å². The summed E-state index contributed by atoms with van der Waals surface area (Å²) in [7, 11) is 1.88. The van der Waals surface area contributed by atoms with Crippen molar-refractivity contribution in [2.45, 2.75) is 64.4 Å². The summed E-state index contributed by atoms with van der Waals surface area (Å²) >= 11 is 0. The molecule has 1 aliphatic carbocycles. The molecule has 0 amide bonds. The van der Waals surface area contributed by atoms with E-state index in [-0.39, 0.29) is 11.9 Å². The second-order valence-corrected chi connectivity index (χ2v) is 9.46. The molecule has 4 rings (SSSR count). The van der Waals surface area contributed by atoms with Crippen molar-refractivity contribution in [2.24, 2.45) is 7.05 Å². The van der Waals surface area contributed by atoms with Crippen LogP contribution in [0.15, 0.2) is 43.0 Å². The Labute approximate surface area is 189 Å². The number of fused-ring (bicyclic) bond motifs is 1. The van der Waals surface area contributed by atoms with Gasteiger partial charge in [-0.1, -0.05) is 6.42 Å². The smallest absolute Gasteiger partial charge is 0.306 e. The van der Waals surface area contributed by atoms with Crippen LogP contribution in [0.5, 0.6) is 0 Å². The largest absolute Gasteiger partial charge is 0.460 e. The molecule has 0 aliphatic heterocycles. The minimum absolute atomic E-state index is 0.139. The molecule has 1 atom stereocenters. The van der Waals surface area contributed by atoms with Crippen molar-refractivity contribution in [1.29, 1.82) is 0 Å². The lowest BCUT2D eigenvalue weighted by Crippen LogP contribution is -2.25. The summed E-state index contributed by atoms with van der Waals surface area (Å²) in [5.41, 5.74) is 4.80. The molecule has 7 heteroatoms. The van der Waals surface area contributed by atoms with E-state index in [1.807, 2.05) is 52.3 Å². The van der Waals surface area contributed by atoms with Crippen molar-refractivity contribution in [3.8, 4) is 11.3 Å². The number of pyridine rings is 2. The van der Waals surface area contributed by atoms with Gasteiger partial charge in [-0.15, -0.1) is 0 Å². The molecule has 7 nitrogen and oxygen atoms in total. The fourth-order valence-electron chi connectivity index (χ4n) is 4.20. The zero-order valence-corrected chi connectivity index (χ0v) is 19.3. The fourth-order valence-corrected chi connectivity index (χ4v) is 4.20. The molecule has 1 N–H and O–H groups in total. The summed E-state index contributed by atoms with van der Waals surface area (Å²) in [5, 5.41) is 7.46. The molecule has 0 spiro atoms. The third-order valence-corrected chi connectivity index (χ3v) is 5.58. The van der Waals surface area contributed by atoms with Gasteiger partial charge in [-0.2, -0.15) is 5.10 Å². The Kier molecular flexibility index (Phi) is 6.26. The van der Waals surface area contributed by atoms with Gasteiger partial charge in [0.25, 0.3) is 0 Å². The Hall–Kier alpha value is -3.22. The van der Waals surface area contributed by atoms with Gasteiger partial charge in [0.1, 0.15) is 11.4 Å². The monoisotopic (exact) mass is 433 g/mol. The van der Waals surface area contributed by atoms with E-state index in [2.05, 4.69) is 21.5 Å². The molecule has 168 valence electrons. The highest BCUT2D eigenvalue weighted by atomic mass is 16.6. The van der Waals surface area contributed by atoms with Crippen molar-refractivity contribution in [3.63, 3.8) is 0 Å². The molecule has 0 saturated carbocycles. The summed E-state index contributed by atoms with van der Waals surface area (Å²) in [6.07, 6.45) is 12.0. The number of esters is 1. The number of nitrogens with zero attached hydrogens (tertiary/aromatic N) is 4. The Morgan fingerprint density at radius 1 is 1.22 bits per heavy atom. The van der Waals surface area contributed by atoms with Gasteiger partial charge in [-0.05, 0) is 75.3 Å². The van der Waals surface area contributed by atoms with E-state index in [1.54, 1.807) is 17.1 Å². The number of carbonyl (C=O) groups is 1. The third kappa shape index (κ3) is 5.52. The van der Waals surface area contributed by atoms with Crippen molar-refractivity contribution < 1.29 is 9.53 Å². The minimum Gasteiger partial charge on any atom is -0.460 e. The van der Waals surface area contributed by atoms with E-state index in [1.165, 1.54) is 11.1 Å². The highest BCUT2D eigenvalue weighted by molar-refractivity contribution is 5.71. The number of nitrogens with one attached hydrogen (secondary N) is 1. The highest BCUT2D eigenvalue weighted by Crippen LogP contribution is 2.35. The third-order valence-electron chi connectivity index (χ3n) is 5.58. The molecule has 0 aromatic carbocycles. The van der Waals surface area contributed by atoms with Crippen molar-refractivity contribution in [3.05, 3.63) is 54.1 Å². The number of carbonyl (C=O) groups excluding carboxylic acids is 1. The molecular formula is C25H31N5O2. The lowest BCUT2D eigenvalue weighted by molar-refractivity contribution is -0.155. The maximum absolute atomic E-state index is 12.5. The topological polar surface area (TPSA) is 81.9 Å². The van der Waals surface area contributed by atoms with E-state index in [4.69, 9.17) is 9.72 Å².